The van der Waals surface area contributed by atoms with Crippen LogP contribution in [0.2, 0.25) is 0 Å². The first kappa shape index (κ1) is 20.0. The third kappa shape index (κ3) is 4.59. The van der Waals surface area contributed by atoms with Crippen molar-refractivity contribution < 1.29 is 19.2 Å². The highest BCUT2D eigenvalue weighted by atomic mass is 19.1. The lowest BCUT2D eigenvalue weighted by Gasteiger charge is -2.14. The molecule has 1 aliphatic rings. The second-order valence-corrected chi connectivity index (χ2v) is 5.99. The molecule has 0 aliphatic carbocycles. The Morgan fingerprint density at radius 2 is 2.24 bits per heavy atom. The lowest BCUT2D eigenvalue weighted by atomic mass is 10.1. The average molecular weight is 399 g/mol. The number of pyridine rings is 1. The number of hydrogen-bond acceptors (Lipinski definition) is 6. The van der Waals surface area contributed by atoms with Gasteiger partial charge in [-0.2, -0.15) is 4.39 Å². The van der Waals surface area contributed by atoms with E-state index in [1.807, 2.05) is 4.57 Å². The number of amides is 1. The van der Waals surface area contributed by atoms with Crippen LogP contribution in [0.1, 0.15) is 0 Å². The molecule has 0 atom stereocenters. The van der Waals surface area contributed by atoms with E-state index >= 15 is 0 Å². The van der Waals surface area contributed by atoms with Gasteiger partial charge < -0.3 is 20.4 Å². The van der Waals surface area contributed by atoms with Crippen LogP contribution in [-0.4, -0.2) is 46.2 Å². The zero-order valence-corrected chi connectivity index (χ0v) is 15.6. The minimum absolute atomic E-state index is 0.0898. The Bertz CT molecular complexity index is 1020. The molecule has 1 amide bonds. The minimum atomic E-state index is -0.659. The van der Waals surface area contributed by atoms with Crippen molar-refractivity contribution in [1.29, 1.82) is 5.41 Å². The number of halogens is 1. The van der Waals surface area contributed by atoms with E-state index in [1.165, 1.54) is 11.5 Å². The Labute approximate surface area is 165 Å². The number of methoxy groups -OCH3 is 1. The van der Waals surface area contributed by atoms with E-state index < -0.39 is 17.6 Å². The summed E-state index contributed by atoms with van der Waals surface area (Å²) < 4.78 is 20.1. The predicted octanol–water partition coefficient (Wildman–Crippen LogP) is 0.136. The summed E-state index contributed by atoms with van der Waals surface area (Å²) in [4.78, 5) is 24.9. The molecule has 0 saturated heterocycles. The molecule has 6 N–H and O–H groups in total. The van der Waals surface area contributed by atoms with Crippen LogP contribution in [0.25, 0.3) is 11.3 Å². The van der Waals surface area contributed by atoms with Gasteiger partial charge in [-0.1, -0.05) is 0 Å². The van der Waals surface area contributed by atoms with Crippen LogP contribution in [0.15, 0.2) is 59.4 Å². The van der Waals surface area contributed by atoms with E-state index in [1.54, 1.807) is 31.9 Å². The van der Waals surface area contributed by atoms with Gasteiger partial charge in [0.15, 0.2) is 11.4 Å². The fraction of sp³-hybridized carbons (Fsp3) is 0.167. The molecule has 0 aromatic carbocycles. The Hall–Kier alpha value is -3.70. The maximum atomic E-state index is 13.2. The van der Waals surface area contributed by atoms with E-state index in [2.05, 4.69) is 20.3 Å². The number of nitrogens with one attached hydrogen (secondary N) is 2. The molecular formula is C18H20FN8O2+. The monoisotopic (exact) mass is 399 g/mol. The summed E-state index contributed by atoms with van der Waals surface area (Å²) in [6, 6.07) is 1.74. The van der Waals surface area contributed by atoms with Crippen LogP contribution < -0.4 is 16.4 Å². The quantitative estimate of drug-likeness (QED) is 0.297. The second-order valence-electron chi connectivity index (χ2n) is 5.99. The molecule has 2 aromatic rings. The molecule has 0 saturated carbocycles. The van der Waals surface area contributed by atoms with Crippen molar-refractivity contribution in [2.24, 2.45) is 10.7 Å². The largest absolute Gasteiger partial charge is 0.383 e. The predicted molar refractivity (Wildman–Crippen MR) is 105 cm³/mol. The number of ether oxygens (including phenoxy) is 1. The number of carbonyl (C=O) groups excluding carboxylic acids is 1. The van der Waals surface area contributed by atoms with Gasteiger partial charge in [-0.05, 0) is 6.07 Å². The smallest absolute Gasteiger partial charge is 0.267 e. The van der Waals surface area contributed by atoms with Crippen molar-refractivity contribution in [3.63, 3.8) is 0 Å². The van der Waals surface area contributed by atoms with Gasteiger partial charge in [0.1, 0.15) is 12.0 Å². The van der Waals surface area contributed by atoms with Crippen LogP contribution in [0.3, 0.4) is 0 Å². The molecular weight excluding hydrogens is 379 g/mol. The van der Waals surface area contributed by atoms with Crippen LogP contribution in [-0.2, 0) is 16.1 Å². The van der Waals surface area contributed by atoms with E-state index in [9.17, 15) is 9.18 Å². The number of quaternary nitrogens is 1. The molecule has 0 unspecified atom stereocenters. The zero-order chi connectivity index (χ0) is 20.8. The van der Waals surface area contributed by atoms with Crippen molar-refractivity contribution in [1.82, 2.24) is 14.5 Å². The molecule has 29 heavy (non-hydrogen) atoms. The first-order valence-electron chi connectivity index (χ1n) is 8.59. The second kappa shape index (κ2) is 8.99. The molecule has 2 aromatic heterocycles. The number of anilines is 1. The lowest BCUT2D eigenvalue weighted by Crippen LogP contribution is -2.77. The number of aliphatic imine (C=N–C) groups is 1. The number of imidazole rings is 1. The van der Waals surface area contributed by atoms with Gasteiger partial charge in [0, 0.05) is 25.4 Å². The molecule has 3 heterocycles. The molecule has 3 rings (SSSR count). The first-order valence-corrected chi connectivity index (χ1v) is 8.59. The summed E-state index contributed by atoms with van der Waals surface area (Å²) >= 11 is 0. The molecule has 11 heteroatoms. The number of carbonyl (C=O) groups is 1. The number of aromatic nitrogens is 3. The number of amidine groups is 1. The number of nitrogens with two attached hydrogens (primary N) is 2. The summed E-state index contributed by atoms with van der Waals surface area (Å²) in [7, 11) is 1.61. The Balaban J connectivity index is 1.92. The third-order valence-corrected chi connectivity index (χ3v) is 4.07. The van der Waals surface area contributed by atoms with Crippen molar-refractivity contribution in [3.8, 4) is 11.3 Å². The summed E-state index contributed by atoms with van der Waals surface area (Å²) in [5, 5.41) is 11.7. The van der Waals surface area contributed by atoms with E-state index in [0.29, 0.717) is 24.4 Å². The lowest BCUT2D eigenvalue weighted by molar-refractivity contribution is -0.538. The maximum Gasteiger partial charge on any atom is 0.267 e. The van der Waals surface area contributed by atoms with Gasteiger partial charge in [0.2, 0.25) is 5.82 Å². The molecule has 1 aliphatic heterocycles. The minimum Gasteiger partial charge on any atom is -0.383 e. The van der Waals surface area contributed by atoms with Crippen molar-refractivity contribution in [2.45, 2.75) is 6.54 Å². The number of hydrogen-bond donors (Lipinski definition) is 4. The highest BCUT2D eigenvalue weighted by Crippen LogP contribution is 2.27. The summed E-state index contributed by atoms with van der Waals surface area (Å²) in [6.07, 6.45) is 8.50. The van der Waals surface area contributed by atoms with Gasteiger partial charge in [0.05, 0.1) is 42.9 Å². The third-order valence-electron chi connectivity index (χ3n) is 4.07. The van der Waals surface area contributed by atoms with Gasteiger partial charge in [-0.15, -0.1) is 0 Å². The molecule has 150 valence electrons. The van der Waals surface area contributed by atoms with Gasteiger partial charge in [-0.25, -0.2) is 9.98 Å². The Kier molecular flexibility index (Phi) is 6.22. The average Bonchev–Trinajstić information content (AvgIpc) is 3.16. The molecule has 0 fully saturated rings. The topological polar surface area (TPSA) is 148 Å². The zero-order valence-electron chi connectivity index (χ0n) is 15.6. The van der Waals surface area contributed by atoms with E-state index in [4.69, 9.17) is 15.9 Å². The maximum absolute atomic E-state index is 13.2. The summed E-state index contributed by atoms with van der Waals surface area (Å²) in [6.45, 7) is 1.07. The van der Waals surface area contributed by atoms with Gasteiger partial charge >= 0.3 is 0 Å². The summed E-state index contributed by atoms with van der Waals surface area (Å²) in [5.41, 5.74) is 7.24. The Morgan fingerprint density at radius 1 is 1.41 bits per heavy atom. The molecule has 0 bridgehead atoms. The van der Waals surface area contributed by atoms with E-state index in [-0.39, 0.29) is 11.4 Å². The van der Waals surface area contributed by atoms with Crippen LogP contribution in [0, 0.1) is 5.41 Å². The summed E-state index contributed by atoms with van der Waals surface area (Å²) in [5.74, 6) is -1.62. The van der Waals surface area contributed by atoms with Crippen molar-refractivity contribution >= 4 is 23.6 Å². The molecule has 0 spiro atoms. The van der Waals surface area contributed by atoms with Crippen LogP contribution in [0.4, 0.5) is 10.1 Å². The van der Waals surface area contributed by atoms with Crippen LogP contribution in [0.5, 0.6) is 0 Å². The fourth-order valence-electron chi connectivity index (χ4n) is 2.72. The molecule has 10 nitrogen and oxygen atoms in total. The highest BCUT2D eigenvalue weighted by Gasteiger charge is 2.24. The van der Waals surface area contributed by atoms with Gasteiger partial charge in [-0.3, -0.25) is 20.5 Å². The fourth-order valence-corrected chi connectivity index (χ4v) is 2.72. The standard InChI is InChI=1S/C18H19FN8O2/c1-29-5-4-27-10-23-9-14(27)12-2-3-22-8-13(12)26-18(28)15(16(20)21)17-24-6-11(19)7-25-17/h2-3,6-10,24H,4-5H2,1H3,(H3,20,21)(H,26,28)/p+1. The number of rotatable bonds is 7. The van der Waals surface area contributed by atoms with E-state index in [0.717, 1.165) is 18.1 Å². The van der Waals surface area contributed by atoms with Crippen molar-refractivity contribution in [3.05, 3.63) is 54.4 Å². The Morgan fingerprint density at radius 3 is 2.93 bits per heavy atom. The van der Waals surface area contributed by atoms with Crippen LogP contribution >= 0.6 is 0 Å². The van der Waals surface area contributed by atoms with Gasteiger partial charge in [0.25, 0.3) is 5.91 Å². The first-order chi connectivity index (χ1) is 14.0. The highest BCUT2D eigenvalue weighted by molar-refractivity contribution is 6.24. The molecule has 0 radical (unpaired) electrons. The number of nitrogens with zero attached hydrogens (tertiary/aromatic N) is 4. The normalized spacial score (nSPS) is 15.0. The number of allylic oxidation sites excluding steroid dienone is 1. The van der Waals surface area contributed by atoms with Crippen molar-refractivity contribution in [2.75, 3.05) is 19.0 Å². The SMILES string of the molecule is COCCn1cncc1-c1ccncc1NC(=O)C(C(=N)N)=C1N=CC(F)=C[NH2+]1.